The van der Waals surface area contributed by atoms with E-state index in [1.165, 1.54) is 6.07 Å². The third kappa shape index (κ3) is 4.86. The Morgan fingerprint density at radius 3 is 2.30 bits per heavy atom. The maximum atomic E-state index is 12.7. The van der Waals surface area contributed by atoms with Gasteiger partial charge in [0.2, 0.25) is 0 Å². The summed E-state index contributed by atoms with van der Waals surface area (Å²) >= 11 is 6.07. The van der Waals surface area contributed by atoms with Gasteiger partial charge in [0.25, 0.3) is 11.8 Å². The number of carbonyl (C=O) groups excluding carboxylic acids is 2. The lowest BCUT2D eigenvalue weighted by Gasteiger charge is -2.09. The van der Waals surface area contributed by atoms with Crippen LogP contribution < -0.4 is 10.7 Å². The molecule has 4 rings (SSSR count). The van der Waals surface area contributed by atoms with E-state index in [9.17, 15) is 14.7 Å². The second-order valence-electron chi connectivity index (χ2n) is 7.33. The van der Waals surface area contributed by atoms with Gasteiger partial charge in [-0.2, -0.15) is 5.10 Å². The highest BCUT2D eigenvalue weighted by atomic mass is 35.5. The Hall–Kier alpha value is -4.16. The van der Waals surface area contributed by atoms with Crippen LogP contribution in [0.4, 0.5) is 5.69 Å². The van der Waals surface area contributed by atoms with Crippen LogP contribution in [0, 0.1) is 0 Å². The SMILES string of the molecule is CC(=NNC(=O)c1c(O)ccc2ccccc12)c1ccc(NC(=O)c2ccccc2Cl)cc1. The molecule has 0 heterocycles. The van der Waals surface area contributed by atoms with Crippen LogP contribution in [0.15, 0.2) is 90.0 Å². The van der Waals surface area contributed by atoms with E-state index < -0.39 is 5.91 Å². The number of amides is 2. The molecule has 0 aliphatic heterocycles. The molecule has 0 atom stereocenters. The molecule has 33 heavy (non-hydrogen) atoms. The number of halogens is 1. The highest BCUT2D eigenvalue weighted by Gasteiger charge is 2.15. The van der Waals surface area contributed by atoms with Crippen LogP contribution in [0.1, 0.15) is 33.2 Å². The van der Waals surface area contributed by atoms with Crippen molar-refractivity contribution in [3.8, 4) is 5.75 Å². The maximum Gasteiger partial charge on any atom is 0.275 e. The Morgan fingerprint density at radius 2 is 1.55 bits per heavy atom. The van der Waals surface area contributed by atoms with Crippen LogP contribution in [0.25, 0.3) is 10.8 Å². The molecule has 2 amide bonds. The average molecular weight is 458 g/mol. The number of anilines is 1. The highest BCUT2D eigenvalue weighted by molar-refractivity contribution is 6.34. The molecule has 0 radical (unpaired) electrons. The van der Waals surface area contributed by atoms with E-state index in [0.717, 1.165) is 10.9 Å². The molecule has 3 N–H and O–H groups in total. The fourth-order valence-electron chi connectivity index (χ4n) is 3.39. The van der Waals surface area contributed by atoms with E-state index in [4.69, 9.17) is 11.6 Å². The van der Waals surface area contributed by atoms with Gasteiger partial charge in [-0.15, -0.1) is 0 Å². The van der Waals surface area contributed by atoms with Crippen LogP contribution in [-0.2, 0) is 0 Å². The topological polar surface area (TPSA) is 90.8 Å². The predicted molar refractivity (Wildman–Crippen MR) is 131 cm³/mol. The van der Waals surface area contributed by atoms with Crippen LogP contribution >= 0.6 is 11.6 Å². The van der Waals surface area contributed by atoms with Crippen molar-refractivity contribution in [2.75, 3.05) is 5.32 Å². The zero-order valence-electron chi connectivity index (χ0n) is 17.7. The van der Waals surface area contributed by atoms with Gasteiger partial charge in [0.05, 0.1) is 21.9 Å². The number of hydrogen-bond donors (Lipinski definition) is 3. The Kier molecular flexibility index (Phi) is 6.38. The lowest BCUT2D eigenvalue weighted by atomic mass is 10.0. The predicted octanol–water partition coefficient (Wildman–Crippen LogP) is 5.61. The number of nitrogens with zero attached hydrogens (tertiary/aromatic N) is 1. The monoisotopic (exact) mass is 457 g/mol. The van der Waals surface area contributed by atoms with Crippen molar-refractivity contribution >= 4 is 45.6 Å². The van der Waals surface area contributed by atoms with Crippen LogP contribution in [0.5, 0.6) is 5.75 Å². The number of fused-ring (bicyclic) bond motifs is 1. The van der Waals surface area contributed by atoms with Gasteiger partial charge in [0.1, 0.15) is 5.75 Å². The fourth-order valence-corrected chi connectivity index (χ4v) is 3.61. The molecule has 0 spiro atoms. The third-order valence-electron chi connectivity index (χ3n) is 5.14. The summed E-state index contributed by atoms with van der Waals surface area (Å²) in [6, 6.07) is 24.4. The molecule has 0 fully saturated rings. The number of phenolic OH excluding ortho intramolecular Hbond substituents is 1. The molecule has 4 aromatic carbocycles. The maximum absolute atomic E-state index is 12.7. The standard InChI is InChI=1S/C26H20ClN3O3/c1-16(29-30-26(33)24-20-7-3-2-6-18(20)12-15-23(24)31)17-10-13-19(14-11-17)28-25(32)21-8-4-5-9-22(21)27/h2-15,31H,1H3,(H,28,32)(H,30,33). The van der Waals surface area contributed by atoms with Crippen molar-refractivity contribution in [3.63, 3.8) is 0 Å². The number of nitrogens with one attached hydrogen (secondary N) is 2. The lowest BCUT2D eigenvalue weighted by molar-refractivity contribution is 0.0953. The van der Waals surface area contributed by atoms with E-state index >= 15 is 0 Å². The van der Waals surface area contributed by atoms with Gasteiger partial charge in [-0.05, 0) is 53.6 Å². The van der Waals surface area contributed by atoms with E-state index in [1.54, 1.807) is 73.7 Å². The number of carbonyl (C=O) groups is 2. The highest BCUT2D eigenvalue weighted by Crippen LogP contribution is 2.27. The summed E-state index contributed by atoms with van der Waals surface area (Å²) in [7, 11) is 0. The molecular weight excluding hydrogens is 438 g/mol. The minimum atomic E-state index is -0.507. The zero-order valence-corrected chi connectivity index (χ0v) is 18.4. The van der Waals surface area contributed by atoms with Crippen molar-refractivity contribution < 1.29 is 14.7 Å². The Morgan fingerprint density at radius 1 is 0.848 bits per heavy atom. The largest absolute Gasteiger partial charge is 0.507 e. The first-order chi connectivity index (χ1) is 15.9. The summed E-state index contributed by atoms with van der Waals surface area (Å²) in [4.78, 5) is 25.1. The number of rotatable bonds is 5. The number of hydrogen-bond acceptors (Lipinski definition) is 4. The van der Waals surface area contributed by atoms with Crippen LogP contribution in [0.3, 0.4) is 0 Å². The first-order valence-electron chi connectivity index (χ1n) is 10.2. The molecular formula is C26H20ClN3O3. The molecule has 164 valence electrons. The summed E-state index contributed by atoms with van der Waals surface area (Å²) < 4.78 is 0. The smallest absolute Gasteiger partial charge is 0.275 e. The first-order valence-corrected chi connectivity index (χ1v) is 10.5. The summed E-state index contributed by atoms with van der Waals surface area (Å²) in [5, 5.41) is 19.0. The van der Waals surface area contributed by atoms with Crippen molar-refractivity contribution in [1.29, 1.82) is 0 Å². The number of hydrazone groups is 1. The van der Waals surface area contributed by atoms with Gasteiger partial charge < -0.3 is 10.4 Å². The Balaban J connectivity index is 1.47. The van der Waals surface area contributed by atoms with E-state index in [0.29, 0.717) is 27.4 Å². The van der Waals surface area contributed by atoms with Crippen molar-refractivity contribution in [1.82, 2.24) is 5.43 Å². The molecule has 4 aromatic rings. The Bertz CT molecular complexity index is 1380. The van der Waals surface area contributed by atoms with E-state index in [2.05, 4.69) is 15.8 Å². The molecule has 6 nitrogen and oxygen atoms in total. The number of benzene rings is 4. The normalized spacial score (nSPS) is 11.3. The lowest BCUT2D eigenvalue weighted by Crippen LogP contribution is -2.20. The van der Waals surface area contributed by atoms with E-state index in [1.807, 2.05) is 12.1 Å². The van der Waals surface area contributed by atoms with E-state index in [-0.39, 0.29) is 17.2 Å². The zero-order chi connectivity index (χ0) is 23.4. The van der Waals surface area contributed by atoms with Crippen LogP contribution in [0.2, 0.25) is 5.02 Å². The molecule has 0 aliphatic carbocycles. The van der Waals surface area contributed by atoms with Gasteiger partial charge in [0.15, 0.2) is 0 Å². The fraction of sp³-hybridized carbons (Fsp3) is 0.0385. The number of phenols is 1. The molecule has 0 saturated carbocycles. The summed E-state index contributed by atoms with van der Waals surface area (Å²) in [6.45, 7) is 1.75. The van der Waals surface area contributed by atoms with Gasteiger partial charge in [0, 0.05) is 5.69 Å². The minimum absolute atomic E-state index is 0.113. The van der Waals surface area contributed by atoms with Gasteiger partial charge in [-0.25, -0.2) is 5.43 Å². The molecule has 0 aromatic heterocycles. The van der Waals surface area contributed by atoms with Crippen LogP contribution in [-0.4, -0.2) is 22.6 Å². The van der Waals surface area contributed by atoms with Gasteiger partial charge >= 0.3 is 0 Å². The summed E-state index contributed by atoms with van der Waals surface area (Å²) in [6.07, 6.45) is 0. The summed E-state index contributed by atoms with van der Waals surface area (Å²) in [5.41, 5.74) is 4.99. The molecule has 0 bridgehead atoms. The summed E-state index contributed by atoms with van der Waals surface area (Å²) in [5.74, 6) is -0.925. The van der Waals surface area contributed by atoms with Crippen molar-refractivity contribution in [2.24, 2.45) is 5.10 Å². The molecule has 0 unspecified atom stereocenters. The molecule has 7 heteroatoms. The van der Waals surface area contributed by atoms with Crippen molar-refractivity contribution in [2.45, 2.75) is 6.92 Å². The Labute approximate surface area is 195 Å². The first kappa shape index (κ1) is 22.0. The van der Waals surface area contributed by atoms with Crippen molar-refractivity contribution in [3.05, 3.63) is 107 Å². The quantitative estimate of drug-likeness (QED) is 0.269. The second kappa shape index (κ2) is 9.54. The van der Waals surface area contributed by atoms with Gasteiger partial charge in [-0.1, -0.05) is 66.2 Å². The second-order valence-corrected chi connectivity index (χ2v) is 7.74. The molecule has 0 aliphatic rings. The molecule has 0 saturated heterocycles. The average Bonchev–Trinajstić information content (AvgIpc) is 2.83. The van der Waals surface area contributed by atoms with Gasteiger partial charge in [-0.3, -0.25) is 9.59 Å². The third-order valence-corrected chi connectivity index (χ3v) is 5.47. The minimum Gasteiger partial charge on any atom is -0.507 e. The number of aromatic hydroxyl groups is 1.